The molecule has 36 heavy (non-hydrogen) atoms. The van der Waals surface area contributed by atoms with Crippen molar-refractivity contribution >= 4 is 11.0 Å². The molecule has 3 nitrogen and oxygen atoms in total. The number of benzene rings is 3. The number of nitrogens with one attached hydrogen (secondary N) is 1. The molecule has 4 aromatic rings. The fourth-order valence-electron chi connectivity index (χ4n) is 4.60. The van der Waals surface area contributed by atoms with Gasteiger partial charge in [-0.3, -0.25) is 0 Å². The minimum atomic E-state index is -0.229. The van der Waals surface area contributed by atoms with Gasteiger partial charge in [-0.2, -0.15) is 0 Å². The standard InChI is InChI=1S/C32H35FN2O/c1-5-7-10-25(6-2)22-36-28-19-23(3)29(24(4)20-28)17-18-32-34-30-11-8-9-12-31(30)35(32)21-26-13-15-27(33)16-14-26/h8-9,11-16,19-20,25H,5-7,10,21-22H2,1-4H3/p+1. The van der Waals surface area contributed by atoms with Crippen LogP contribution < -0.4 is 9.30 Å². The van der Waals surface area contributed by atoms with Crippen molar-refractivity contribution in [1.82, 2.24) is 4.98 Å². The van der Waals surface area contributed by atoms with Crippen LogP contribution in [-0.2, 0) is 6.54 Å². The number of aromatic amines is 1. The highest BCUT2D eigenvalue weighted by Crippen LogP contribution is 2.23. The molecule has 0 saturated carbocycles. The third-order valence-electron chi connectivity index (χ3n) is 6.81. The van der Waals surface area contributed by atoms with E-state index in [0.29, 0.717) is 12.5 Å². The van der Waals surface area contributed by atoms with E-state index in [0.717, 1.165) is 57.9 Å². The van der Waals surface area contributed by atoms with Gasteiger partial charge in [0.25, 0.3) is 0 Å². The van der Waals surface area contributed by atoms with Gasteiger partial charge in [-0.05, 0) is 79.3 Å². The van der Waals surface area contributed by atoms with Crippen molar-refractivity contribution in [2.24, 2.45) is 5.92 Å². The molecule has 1 atom stereocenters. The van der Waals surface area contributed by atoms with Crippen LogP contribution in [-0.4, -0.2) is 11.6 Å². The Labute approximate surface area is 214 Å². The Morgan fingerprint density at radius 3 is 2.39 bits per heavy atom. The molecule has 186 valence electrons. The lowest BCUT2D eigenvalue weighted by molar-refractivity contribution is -0.664. The van der Waals surface area contributed by atoms with E-state index in [1.807, 2.05) is 30.3 Å². The highest BCUT2D eigenvalue weighted by Gasteiger charge is 2.17. The third kappa shape index (κ3) is 6.15. The fourth-order valence-corrected chi connectivity index (χ4v) is 4.60. The number of para-hydroxylation sites is 2. The van der Waals surface area contributed by atoms with Crippen LogP contribution in [0, 0.1) is 37.4 Å². The van der Waals surface area contributed by atoms with Crippen LogP contribution in [0.2, 0.25) is 0 Å². The van der Waals surface area contributed by atoms with Gasteiger partial charge in [-0.15, -0.1) is 0 Å². The average Bonchev–Trinajstić information content (AvgIpc) is 3.22. The second-order valence-corrected chi connectivity index (χ2v) is 9.61. The summed E-state index contributed by atoms with van der Waals surface area (Å²) in [4.78, 5) is 3.46. The van der Waals surface area contributed by atoms with Gasteiger partial charge in [-0.25, -0.2) is 13.9 Å². The van der Waals surface area contributed by atoms with E-state index in [9.17, 15) is 4.39 Å². The second kappa shape index (κ2) is 11.9. The molecule has 1 N–H and O–H groups in total. The molecule has 0 bridgehead atoms. The summed E-state index contributed by atoms with van der Waals surface area (Å²) >= 11 is 0. The molecule has 4 rings (SSSR count). The van der Waals surface area contributed by atoms with Crippen molar-refractivity contribution in [3.05, 3.63) is 94.6 Å². The van der Waals surface area contributed by atoms with Gasteiger partial charge >= 0.3 is 5.82 Å². The van der Waals surface area contributed by atoms with E-state index in [2.05, 4.69) is 67.3 Å². The monoisotopic (exact) mass is 483 g/mol. The number of hydrogen-bond acceptors (Lipinski definition) is 1. The minimum absolute atomic E-state index is 0.229. The topological polar surface area (TPSA) is 28.9 Å². The highest BCUT2D eigenvalue weighted by atomic mass is 19.1. The van der Waals surface area contributed by atoms with Crippen LogP contribution in [0.4, 0.5) is 4.39 Å². The number of imidazole rings is 1. The summed E-state index contributed by atoms with van der Waals surface area (Å²) in [6, 6.07) is 19.0. The molecule has 1 heterocycles. The van der Waals surface area contributed by atoms with Crippen molar-refractivity contribution in [2.45, 2.75) is 59.9 Å². The third-order valence-corrected chi connectivity index (χ3v) is 6.81. The lowest BCUT2D eigenvalue weighted by Gasteiger charge is -2.16. The summed E-state index contributed by atoms with van der Waals surface area (Å²) in [6.45, 7) is 10.0. The van der Waals surface area contributed by atoms with Crippen molar-refractivity contribution in [1.29, 1.82) is 0 Å². The van der Waals surface area contributed by atoms with Gasteiger partial charge in [0.2, 0.25) is 0 Å². The first-order valence-electron chi connectivity index (χ1n) is 13.0. The summed E-state index contributed by atoms with van der Waals surface area (Å²) in [6.07, 6.45) is 4.84. The molecule has 0 aliphatic carbocycles. The SMILES string of the molecule is CCCCC(CC)COc1cc(C)c(C#Cc2[nH]c3ccccc3[n+]2Cc2ccc(F)cc2)c(C)c1. The molecule has 0 radical (unpaired) electrons. The smallest absolute Gasteiger partial charge is 0.334 e. The average molecular weight is 484 g/mol. The maximum Gasteiger partial charge on any atom is 0.334 e. The number of unbranched alkanes of at least 4 members (excludes halogenated alkanes) is 1. The number of aromatic nitrogens is 2. The number of H-pyrrole nitrogens is 1. The summed E-state index contributed by atoms with van der Waals surface area (Å²) in [7, 11) is 0. The number of nitrogens with zero attached hydrogens (tertiary/aromatic N) is 1. The molecular weight excluding hydrogens is 447 g/mol. The number of rotatable bonds is 9. The van der Waals surface area contributed by atoms with Gasteiger partial charge in [0.1, 0.15) is 18.1 Å². The van der Waals surface area contributed by atoms with E-state index in [1.54, 1.807) is 0 Å². The summed E-state index contributed by atoms with van der Waals surface area (Å²) in [5.41, 5.74) is 6.35. The Hall–Kier alpha value is -3.58. The van der Waals surface area contributed by atoms with Crippen molar-refractivity contribution < 1.29 is 13.7 Å². The number of fused-ring (bicyclic) bond motifs is 1. The molecule has 0 fully saturated rings. The number of halogens is 1. The van der Waals surface area contributed by atoms with Crippen LogP contribution in [0.15, 0.2) is 60.7 Å². The van der Waals surface area contributed by atoms with Gasteiger partial charge < -0.3 is 4.74 Å². The van der Waals surface area contributed by atoms with Crippen LogP contribution >= 0.6 is 0 Å². The number of ether oxygens (including phenoxy) is 1. The molecule has 0 amide bonds. The van der Waals surface area contributed by atoms with Gasteiger partial charge in [0.15, 0.2) is 11.0 Å². The van der Waals surface area contributed by atoms with E-state index in [4.69, 9.17) is 4.74 Å². The molecule has 0 saturated heterocycles. The first-order chi connectivity index (χ1) is 17.5. The molecule has 1 aromatic heterocycles. The van der Waals surface area contributed by atoms with E-state index < -0.39 is 0 Å². The Morgan fingerprint density at radius 1 is 0.972 bits per heavy atom. The maximum atomic E-state index is 13.4. The van der Waals surface area contributed by atoms with Gasteiger partial charge in [0.05, 0.1) is 6.61 Å². The fraction of sp³-hybridized carbons (Fsp3) is 0.344. The van der Waals surface area contributed by atoms with Gasteiger partial charge in [0, 0.05) is 11.5 Å². The second-order valence-electron chi connectivity index (χ2n) is 9.61. The predicted molar refractivity (Wildman–Crippen MR) is 145 cm³/mol. The molecule has 4 heteroatoms. The largest absolute Gasteiger partial charge is 0.493 e. The zero-order chi connectivity index (χ0) is 25.5. The zero-order valence-corrected chi connectivity index (χ0v) is 21.8. The molecular formula is C32H36FN2O+. The maximum absolute atomic E-state index is 13.4. The molecule has 0 aliphatic rings. The lowest BCUT2D eigenvalue weighted by atomic mass is 10.00. The summed E-state index contributed by atoms with van der Waals surface area (Å²) in [5, 5.41) is 0. The Balaban J connectivity index is 1.60. The molecule has 0 spiro atoms. The van der Waals surface area contributed by atoms with E-state index >= 15 is 0 Å². The van der Waals surface area contributed by atoms with Crippen LogP contribution in [0.5, 0.6) is 5.75 Å². The summed E-state index contributed by atoms with van der Waals surface area (Å²) in [5.74, 6) is 8.89. The molecule has 0 aliphatic heterocycles. The van der Waals surface area contributed by atoms with Crippen molar-refractivity contribution in [2.75, 3.05) is 6.61 Å². The molecule has 3 aromatic carbocycles. The number of hydrogen-bond donors (Lipinski definition) is 1. The van der Waals surface area contributed by atoms with Gasteiger partial charge in [-0.1, -0.05) is 63.3 Å². The first kappa shape index (κ1) is 25.5. The van der Waals surface area contributed by atoms with Crippen LogP contribution in [0.1, 0.15) is 67.6 Å². The normalized spacial score (nSPS) is 11.8. The van der Waals surface area contributed by atoms with Crippen molar-refractivity contribution in [3.63, 3.8) is 0 Å². The highest BCUT2D eigenvalue weighted by molar-refractivity contribution is 5.71. The summed E-state index contributed by atoms with van der Waals surface area (Å²) < 4.78 is 21.8. The Morgan fingerprint density at radius 2 is 1.69 bits per heavy atom. The minimum Gasteiger partial charge on any atom is -0.493 e. The quantitative estimate of drug-likeness (QED) is 0.197. The van der Waals surface area contributed by atoms with Crippen LogP contribution in [0.25, 0.3) is 11.0 Å². The van der Waals surface area contributed by atoms with E-state index in [1.165, 1.54) is 31.4 Å². The van der Waals surface area contributed by atoms with E-state index in [-0.39, 0.29) is 5.82 Å². The molecule has 1 unspecified atom stereocenters. The Bertz CT molecular complexity index is 1350. The first-order valence-corrected chi connectivity index (χ1v) is 13.0. The zero-order valence-electron chi connectivity index (χ0n) is 21.8. The number of aryl methyl sites for hydroxylation is 2. The van der Waals surface area contributed by atoms with Crippen molar-refractivity contribution in [3.8, 4) is 17.6 Å². The van der Waals surface area contributed by atoms with Crippen LogP contribution in [0.3, 0.4) is 0 Å². The lowest BCUT2D eigenvalue weighted by Crippen LogP contribution is -2.36. The Kier molecular flexibility index (Phi) is 8.44. The predicted octanol–water partition coefficient (Wildman–Crippen LogP) is 7.25.